The molecule has 1 aliphatic heterocycles. The van der Waals surface area contributed by atoms with Crippen LogP contribution in [0, 0.1) is 21.8 Å². The van der Waals surface area contributed by atoms with E-state index in [4.69, 9.17) is 11.6 Å². The molecule has 11 nitrogen and oxygen atoms in total. The van der Waals surface area contributed by atoms with Crippen LogP contribution in [0.25, 0.3) is 0 Å². The first-order chi connectivity index (χ1) is 16.9. The predicted molar refractivity (Wildman–Crippen MR) is 128 cm³/mol. The average Bonchev–Trinajstić information content (AvgIpc) is 2.81. The Labute approximate surface area is 210 Å². The number of non-ortho nitro benzene ring substituents is 1. The van der Waals surface area contributed by atoms with Crippen LogP contribution >= 0.6 is 11.6 Å². The Bertz CT molecular complexity index is 1340. The number of rotatable bonds is 10. The number of aliphatic carboxylic acids is 1. The number of halogens is 2. The SMILES string of the molecule is CC1=NC(=O)N(CCCNCS(=O)(=O)c2ccc(F)c(Cl)c2)C(c2cccc([N+](=O)[O-])c2)C1C(=O)O. The summed E-state index contributed by atoms with van der Waals surface area (Å²) < 4.78 is 38.2. The minimum Gasteiger partial charge on any atom is -0.481 e. The lowest BCUT2D eigenvalue weighted by atomic mass is 9.86. The number of nitrogens with zero attached hydrogens (tertiary/aromatic N) is 3. The number of sulfone groups is 1. The van der Waals surface area contributed by atoms with Gasteiger partial charge in [0.2, 0.25) is 0 Å². The third-order valence-electron chi connectivity index (χ3n) is 5.60. The van der Waals surface area contributed by atoms with E-state index in [9.17, 15) is 37.6 Å². The summed E-state index contributed by atoms with van der Waals surface area (Å²) in [7, 11) is -3.82. The number of nitrogens with one attached hydrogen (secondary N) is 1. The molecule has 2 aromatic rings. The van der Waals surface area contributed by atoms with Crippen LogP contribution in [-0.4, -0.2) is 60.0 Å². The van der Waals surface area contributed by atoms with Crippen molar-refractivity contribution in [3.63, 3.8) is 0 Å². The minimum absolute atomic E-state index is 0.00216. The summed E-state index contributed by atoms with van der Waals surface area (Å²) in [5.41, 5.74) is 0.0855. The molecule has 0 radical (unpaired) electrons. The van der Waals surface area contributed by atoms with Gasteiger partial charge >= 0.3 is 12.0 Å². The molecular formula is C22H22ClFN4O7S. The molecule has 2 N–H and O–H groups in total. The average molecular weight is 541 g/mol. The van der Waals surface area contributed by atoms with Gasteiger partial charge in [-0.2, -0.15) is 0 Å². The van der Waals surface area contributed by atoms with Crippen molar-refractivity contribution < 1.29 is 32.4 Å². The van der Waals surface area contributed by atoms with Crippen molar-refractivity contribution in [3.05, 3.63) is 69.0 Å². The fraction of sp³-hybridized carbons (Fsp3) is 0.318. The van der Waals surface area contributed by atoms with Crippen LogP contribution in [-0.2, 0) is 14.6 Å². The van der Waals surface area contributed by atoms with E-state index in [1.165, 1.54) is 36.1 Å². The molecule has 1 aliphatic rings. The van der Waals surface area contributed by atoms with Crippen molar-refractivity contribution in [2.45, 2.75) is 24.3 Å². The molecule has 0 fully saturated rings. The highest BCUT2D eigenvalue weighted by Crippen LogP contribution is 2.35. The lowest BCUT2D eigenvalue weighted by molar-refractivity contribution is -0.385. The fourth-order valence-corrected chi connectivity index (χ4v) is 5.29. The van der Waals surface area contributed by atoms with Gasteiger partial charge in [0.1, 0.15) is 17.6 Å². The van der Waals surface area contributed by atoms with Crippen molar-refractivity contribution >= 4 is 44.8 Å². The maximum Gasteiger partial charge on any atom is 0.344 e. The molecule has 2 amide bonds. The molecule has 1 heterocycles. The number of urea groups is 1. The van der Waals surface area contributed by atoms with Gasteiger partial charge in [-0.25, -0.2) is 22.6 Å². The maximum absolute atomic E-state index is 13.3. The molecule has 2 unspecified atom stereocenters. The summed E-state index contributed by atoms with van der Waals surface area (Å²) in [6.45, 7) is 1.54. The third kappa shape index (κ3) is 6.04. The second kappa shape index (κ2) is 11.1. The van der Waals surface area contributed by atoms with E-state index in [1.807, 2.05) is 0 Å². The molecule has 36 heavy (non-hydrogen) atoms. The standard InChI is InChI=1S/C22H22ClFN4O7S/c1-13-19(21(29)30)20(14-4-2-5-15(10-14)28(32)33)27(22(31)26-13)9-3-8-25-12-36(34,35)16-6-7-18(24)17(23)11-16/h2,4-7,10-11,19-20,25H,3,8-9,12H2,1H3,(H,29,30). The second-order valence-corrected chi connectivity index (χ2v) is 10.4. The van der Waals surface area contributed by atoms with Gasteiger partial charge in [0, 0.05) is 24.4 Å². The monoisotopic (exact) mass is 540 g/mol. The quantitative estimate of drug-likeness (QED) is 0.200. The number of benzene rings is 2. The summed E-state index contributed by atoms with van der Waals surface area (Å²) in [4.78, 5) is 40.2. The van der Waals surface area contributed by atoms with E-state index < -0.39 is 50.4 Å². The number of carboxylic acids is 1. The number of nitro benzene ring substituents is 1. The van der Waals surface area contributed by atoms with Crippen molar-refractivity contribution in [2.75, 3.05) is 19.0 Å². The van der Waals surface area contributed by atoms with Gasteiger partial charge in [-0.15, -0.1) is 0 Å². The Balaban J connectivity index is 1.73. The van der Waals surface area contributed by atoms with Crippen LogP contribution in [0.3, 0.4) is 0 Å². The topological polar surface area (TPSA) is 159 Å². The highest BCUT2D eigenvalue weighted by Gasteiger charge is 2.42. The van der Waals surface area contributed by atoms with E-state index in [2.05, 4.69) is 10.3 Å². The Morgan fingerprint density at radius 2 is 2.03 bits per heavy atom. The zero-order chi connectivity index (χ0) is 26.6. The number of carboxylic acid groups (broad SMARTS) is 1. The molecule has 0 bridgehead atoms. The molecule has 0 saturated carbocycles. The van der Waals surface area contributed by atoms with E-state index in [1.54, 1.807) is 0 Å². The maximum atomic E-state index is 13.3. The van der Waals surface area contributed by atoms with Gasteiger partial charge in [-0.1, -0.05) is 23.7 Å². The first-order valence-corrected chi connectivity index (χ1v) is 12.7. The van der Waals surface area contributed by atoms with E-state index in [0.29, 0.717) is 0 Å². The van der Waals surface area contributed by atoms with Gasteiger partial charge in [-0.3, -0.25) is 14.9 Å². The zero-order valence-electron chi connectivity index (χ0n) is 18.9. The van der Waals surface area contributed by atoms with Crippen molar-refractivity contribution in [3.8, 4) is 0 Å². The Morgan fingerprint density at radius 3 is 2.67 bits per heavy atom. The number of hydrogen-bond donors (Lipinski definition) is 2. The smallest absolute Gasteiger partial charge is 0.344 e. The summed E-state index contributed by atoms with van der Waals surface area (Å²) >= 11 is 5.65. The predicted octanol–water partition coefficient (Wildman–Crippen LogP) is 3.44. The summed E-state index contributed by atoms with van der Waals surface area (Å²) in [5, 5.41) is 23.4. The van der Waals surface area contributed by atoms with E-state index in [0.717, 1.165) is 18.2 Å². The van der Waals surface area contributed by atoms with Crippen molar-refractivity contribution in [1.82, 2.24) is 10.2 Å². The Hall–Kier alpha value is -3.42. The van der Waals surface area contributed by atoms with Gasteiger partial charge in [0.25, 0.3) is 5.69 Å². The summed E-state index contributed by atoms with van der Waals surface area (Å²) in [6.07, 6.45) is 0.220. The molecule has 0 aromatic heterocycles. The Kier molecular flexibility index (Phi) is 8.38. The number of hydrogen-bond acceptors (Lipinski definition) is 7. The second-order valence-electron chi connectivity index (χ2n) is 8.03. The molecule has 192 valence electrons. The van der Waals surface area contributed by atoms with Crippen molar-refractivity contribution in [2.24, 2.45) is 10.9 Å². The molecule has 2 aromatic carbocycles. The molecule has 14 heteroatoms. The summed E-state index contributed by atoms with van der Waals surface area (Å²) in [6, 6.07) is 6.71. The van der Waals surface area contributed by atoms with E-state index in [-0.39, 0.29) is 46.4 Å². The highest BCUT2D eigenvalue weighted by atomic mass is 35.5. The summed E-state index contributed by atoms with van der Waals surface area (Å²) in [5.74, 6) is -3.69. The van der Waals surface area contributed by atoms with E-state index >= 15 is 0 Å². The van der Waals surface area contributed by atoms with Crippen LogP contribution < -0.4 is 5.32 Å². The van der Waals surface area contributed by atoms with Crippen LogP contribution in [0.5, 0.6) is 0 Å². The molecule has 2 atom stereocenters. The highest BCUT2D eigenvalue weighted by molar-refractivity contribution is 7.91. The largest absolute Gasteiger partial charge is 0.481 e. The zero-order valence-corrected chi connectivity index (χ0v) is 20.5. The fourth-order valence-electron chi connectivity index (χ4n) is 3.89. The van der Waals surface area contributed by atoms with Crippen molar-refractivity contribution in [1.29, 1.82) is 0 Å². The Morgan fingerprint density at radius 1 is 1.31 bits per heavy atom. The lowest BCUT2D eigenvalue weighted by Crippen LogP contribution is -2.47. The van der Waals surface area contributed by atoms with Gasteiger partial charge in [0.15, 0.2) is 9.84 Å². The van der Waals surface area contributed by atoms with Crippen LogP contribution in [0.1, 0.15) is 24.9 Å². The van der Waals surface area contributed by atoms with Crippen LogP contribution in [0.2, 0.25) is 5.02 Å². The number of nitro groups is 1. The normalized spacial score (nSPS) is 18.1. The molecule has 0 saturated heterocycles. The molecular weight excluding hydrogens is 519 g/mol. The van der Waals surface area contributed by atoms with Crippen LogP contribution in [0.4, 0.5) is 14.9 Å². The van der Waals surface area contributed by atoms with Crippen LogP contribution in [0.15, 0.2) is 52.4 Å². The molecule has 0 aliphatic carbocycles. The lowest BCUT2D eigenvalue weighted by Gasteiger charge is -2.37. The van der Waals surface area contributed by atoms with Gasteiger partial charge in [0.05, 0.1) is 20.9 Å². The number of carbonyl (C=O) groups excluding carboxylic acids is 1. The van der Waals surface area contributed by atoms with Gasteiger partial charge in [-0.05, 0) is 43.7 Å². The molecule has 3 rings (SSSR count). The molecule has 0 spiro atoms. The van der Waals surface area contributed by atoms with Gasteiger partial charge < -0.3 is 15.3 Å². The number of amides is 2. The first-order valence-electron chi connectivity index (χ1n) is 10.6. The number of aliphatic imine (C=N–C) groups is 1. The number of carbonyl (C=O) groups is 2. The minimum atomic E-state index is -3.82. The first kappa shape index (κ1) is 27.2. The third-order valence-corrected chi connectivity index (χ3v) is 7.45.